The SMILES string of the molecule is N#CNC(=NCCCCCCS(=O)(=O)N(CCN1CCOCC1)C1CCCCC1)Nc1ccncc1. The van der Waals surface area contributed by atoms with E-state index in [1.54, 1.807) is 24.5 Å². The molecule has 1 aromatic rings. The van der Waals surface area contributed by atoms with Gasteiger partial charge in [-0.1, -0.05) is 32.1 Å². The van der Waals surface area contributed by atoms with Crippen LogP contribution < -0.4 is 10.6 Å². The fraction of sp³-hybridized carbons (Fsp3) is 0.720. The Morgan fingerprint density at radius 1 is 1.14 bits per heavy atom. The molecule has 0 amide bonds. The molecule has 2 aliphatic rings. The van der Waals surface area contributed by atoms with Gasteiger partial charge in [0, 0.05) is 56.8 Å². The van der Waals surface area contributed by atoms with E-state index in [0.717, 1.165) is 83.5 Å². The number of nitrogens with zero attached hydrogens (tertiary/aromatic N) is 5. The third-order valence-electron chi connectivity index (χ3n) is 6.78. The number of sulfonamides is 1. The van der Waals surface area contributed by atoms with E-state index in [1.807, 2.05) is 10.5 Å². The van der Waals surface area contributed by atoms with Gasteiger partial charge in [0.15, 0.2) is 6.19 Å². The summed E-state index contributed by atoms with van der Waals surface area (Å²) in [6.45, 7) is 5.14. The zero-order valence-corrected chi connectivity index (χ0v) is 22.1. The minimum absolute atomic E-state index is 0.151. The Hall–Kier alpha value is -2.26. The molecule has 1 saturated heterocycles. The molecule has 1 aromatic heterocycles. The number of aromatic nitrogens is 1. The Balaban J connectivity index is 1.41. The average Bonchev–Trinajstić information content (AvgIpc) is 2.90. The highest BCUT2D eigenvalue weighted by Gasteiger charge is 2.31. The van der Waals surface area contributed by atoms with Crippen molar-refractivity contribution >= 4 is 21.7 Å². The third-order valence-corrected chi connectivity index (χ3v) is 8.78. The molecule has 36 heavy (non-hydrogen) atoms. The fourth-order valence-corrected chi connectivity index (χ4v) is 6.60. The molecule has 200 valence electrons. The van der Waals surface area contributed by atoms with E-state index in [-0.39, 0.29) is 11.8 Å². The minimum atomic E-state index is -3.28. The number of hydrogen-bond acceptors (Lipinski definition) is 7. The quantitative estimate of drug-likeness (QED) is 0.134. The number of anilines is 1. The molecule has 0 bridgehead atoms. The Morgan fingerprint density at radius 2 is 1.86 bits per heavy atom. The van der Waals surface area contributed by atoms with Gasteiger partial charge in [-0.15, -0.1) is 0 Å². The van der Waals surface area contributed by atoms with Gasteiger partial charge < -0.3 is 10.1 Å². The summed E-state index contributed by atoms with van der Waals surface area (Å²) in [4.78, 5) is 10.7. The molecule has 1 aliphatic carbocycles. The van der Waals surface area contributed by atoms with Crippen LogP contribution in [0.4, 0.5) is 5.69 Å². The zero-order chi connectivity index (χ0) is 25.5. The molecule has 2 N–H and O–H groups in total. The Kier molecular flexibility index (Phi) is 12.4. The lowest BCUT2D eigenvalue weighted by molar-refractivity contribution is 0.0348. The number of hydrogen-bond donors (Lipinski definition) is 2. The predicted octanol–water partition coefficient (Wildman–Crippen LogP) is 2.78. The van der Waals surface area contributed by atoms with Crippen molar-refractivity contribution < 1.29 is 13.2 Å². The van der Waals surface area contributed by atoms with Crippen molar-refractivity contribution in [2.75, 3.05) is 57.0 Å². The number of nitriles is 1. The van der Waals surface area contributed by atoms with Gasteiger partial charge in [-0.3, -0.25) is 20.2 Å². The second-order valence-corrected chi connectivity index (χ2v) is 11.5. The number of ether oxygens (including phenoxy) is 1. The van der Waals surface area contributed by atoms with Gasteiger partial charge in [-0.2, -0.15) is 9.57 Å². The fourth-order valence-electron chi connectivity index (χ4n) is 4.78. The molecule has 2 heterocycles. The van der Waals surface area contributed by atoms with Gasteiger partial charge in [0.1, 0.15) is 0 Å². The summed E-state index contributed by atoms with van der Waals surface area (Å²) < 4.78 is 33.9. The average molecular weight is 520 g/mol. The molecule has 0 spiro atoms. The van der Waals surface area contributed by atoms with Gasteiger partial charge in [0.2, 0.25) is 16.0 Å². The van der Waals surface area contributed by atoms with Crippen LogP contribution in [0.15, 0.2) is 29.5 Å². The first-order valence-electron chi connectivity index (χ1n) is 13.2. The summed E-state index contributed by atoms with van der Waals surface area (Å²) in [5.41, 5.74) is 0.799. The molecule has 0 radical (unpaired) electrons. The van der Waals surface area contributed by atoms with Crippen molar-refractivity contribution in [3.8, 4) is 6.19 Å². The lowest BCUT2D eigenvalue weighted by Gasteiger charge is -2.35. The van der Waals surface area contributed by atoms with Crippen molar-refractivity contribution in [1.29, 1.82) is 5.26 Å². The predicted molar refractivity (Wildman–Crippen MR) is 142 cm³/mol. The van der Waals surface area contributed by atoms with Crippen molar-refractivity contribution in [1.82, 2.24) is 19.5 Å². The summed E-state index contributed by atoms with van der Waals surface area (Å²) in [5.74, 6) is 0.607. The van der Waals surface area contributed by atoms with E-state index < -0.39 is 10.0 Å². The summed E-state index contributed by atoms with van der Waals surface area (Å²) in [7, 11) is -3.28. The van der Waals surface area contributed by atoms with Gasteiger partial charge in [-0.05, 0) is 37.8 Å². The maximum Gasteiger partial charge on any atom is 0.214 e. The standard InChI is InChI=1S/C25H41N7O3S/c26-22-29-25(30-23-10-13-27-14-11-23)28-12-6-1-2-7-21-36(33,34)32(24-8-4-3-5-9-24)16-15-31-17-19-35-20-18-31/h10-11,13-14,24H,1-9,12,15-21H2,(H2,27,28,29,30). The highest BCUT2D eigenvalue weighted by molar-refractivity contribution is 7.89. The van der Waals surface area contributed by atoms with Crippen molar-refractivity contribution in [2.45, 2.75) is 63.8 Å². The Bertz CT molecular complexity index is 925. The number of morpholine rings is 1. The molecule has 10 nitrogen and oxygen atoms in total. The van der Waals surface area contributed by atoms with Crippen LogP contribution >= 0.6 is 0 Å². The molecule has 0 unspecified atom stereocenters. The molecular weight excluding hydrogens is 478 g/mol. The summed E-state index contributed by atoms with van der Waals surface area (Å²) in [6.07, 6.45) is 13.9. The van der Waals surface area contributed by atoms with E-state index in [4.69, 9.17) is 10.00 Å². The molecule has 11 heteroatoms. The summed E-state index contributed by atoms with van der Waals surface area (Å²) >= 11 is 0. The largest absolute Gasteiger partial charge is 0.379 e. The lowest BCUT2D eigenvalue weighted by Crippen LogP contribution is -2.48. The molecule has 1 aliphatic heterocycles. The van der Waals surface area contributed by atoms with Crippen LogP contribution in [0.2, 0.25) is 0 Å². The Morgan fingerprint density at radius 3 is 2.58 bits per heavy atom. The van der Waals surface area contributed by atoms with E-state index in [2.05, 4.69) is 25.5 Å². The maximum absolute atomic E-state index is 13.3. The number of unbranched alkanes of at least 4 members (excludes halogenated alkanes) is 3. The molecule has 3 rings (SSSR count). The van der Waals surface area contributed by atoms with E-state index >= 15 is 0 Å². The van der Waals surface area contributed by atoms with Gasteiger partial charge >= 0.3 is 0 Å². The molecule has 0 atom stereocenters. The topological polar surface area (TPSA) is 123 Å². The van der Waals surface area contributed by atoms with Crippen LogP contribution in [0.5, 0.6) is 0 Å². The summed E-state index contributed by atoms with van der Waals surface area (Å²) in [5, 5.41) is 14.6. The van der Waals surface area contributed by atoms with Gasteiger partial charge in [-0.25, -0.2) is 8.42 Å². The summed E-state index contributed by atoms with van der Waals surface area (Å²) in [6, 6.07) is 3.75. The zero-order valence-electron chi connectivity index (χ0n) is 21.3. The number of guanidine groups is 1. The molecule has 0 aromatic carbocycles. The number of nitrogens with one attached hydrogen (secondary N) is 2. The van der Waals surface area contributed by atoms with Crippen LogP contribution in [0.1, 0.15) is 57.8 Å². The second-order valence-electron chi connectivity index (χ2n) is 9.41. The smallest absolute Gasteiger partial charge is 0.214 e. The van der Waals surface area contributed by atoms with Crippen LogP contribution in [-0.2, 0) is 14.8 Å². The van der Waals surface area contributed by atoms with Crippen molar-refractivity contribution in [2.24, 2.45) is 4.99 Å². The monoisotopic (exact) mass is 519 g/mol. The van der Waals surface area contributed by atoms with Gasteiger partial charge in [0.25, 0.3) is 0 Å². The third kappa shape index (κ3) is 10.0. The first kappa shape index (κ1) is 28.3. The van der Waals surface area contributed by atoms with Crippen molar-refractivity contribution in [3.05, 3.63) is 24.5 Å². The number of rotatable bonds is 13. The molecular formula is C25H41N7O3S. The van der Waals surface area contributed by atoms with E-state index in [9.17, 15) is 8.42 Å². The highest BCUT2D eigenvalue weighted by atomic mass is 32.2. The number of aliphatic imine (C=N–C) groups is 1. The normalized spacial score (nSPS) is 18.2. The van der Waals surface area contributed by atoms with E-state index in [0.29, 0.717) is 25.5 Å². The highest BCUT2D eigenvalue weighted by Crippen LogP contribution is 2.25. The van der Waals surface area contributed by atoms with Crippen LogP contribution in [0.3, 0.4) is 0 Å². The first-order valence-corrected chi connectivity index (χ1v) is 14.9. The lowest BCUT2D eigenvalue weighted by atomic mass is 9.95. The number of pyridine rings is 1. The van der Waals surface area contributed by atoms with Crippen LogP contribution in [0.25, 0.3) is 0 Å². The molecule has 1 saturated carbocycles. The first-order chi connectivity index (χ1) is 17.6. The van der Waals surface area contributed by atoms with Gasteiger partial charge in [0.05, 0.1) is 19.0 Å². The molecule has 2 fully saturated rings. The van der Waals surface area contributed by atoms with E-state index in [1.165, 1.54) is 6.42 Å². The van der Waals surface area contributed by atoms with Crippen molar-refractivity contribution in [3.63, 3.8) is 0 Å². The Labute approximate surface area is 216 Å². The van der Waals surface area contributed by atoms with Crippen LogP contribution in [0, 0.1) is 11.5 Å². The van der Waals surface area contributed by atoms with Crippen LogP contribution in [-0.4, -0.2) is 86.3 Å². The second kappa shape index (κ2) is 15.8. The minimum Gasteiger partial charge on any atom is -0.379 e. The maximum atomic E-state index is 13.3.